The molecule has 5 nitrogen and oxygen atoms in total. The number of hydrogen-bond acceptors (Lipinski definition) is 3. The van der Waals surface area contributed by atoms with E-state index >= 15 is 0 Å². The topological polar surface area (TPSA) is 48.5 Å². The monoisotopic (exact) mass is 999 g/mol. The fraction of sp³-hybridized carbons (Fsp3) is 0.0282. The Morgan fingerprint density at radius 3 is 1.34 bits per heavy atom. The SMILES string of the molecule is Cc1ccc2c(c1)c1cc(C)ccc1n2-c1ccc2c(c1)c1cc3cc(c4ccccc4c4nc(-c5cccc([Si](c6ccccc6)(c6ccccc6)c6ccccc6)c5)nc(n4)c4ccccc34)c1n2-c1ccccc1. The van der Waals surface area contributed by atoms with Crippen LogP contribution in [-0.2, 0) is 0 Å². The summed E-state index contributed by atoms with van der Waals surface area (Å²) in [6.07, 6.45) is 0. The Kier molecular flexibility index (Phi) is 10.3. The van der Waals surface area contributed by atoms with Crippen LogP contribution in [0.5, 0.6) is 0 Å². The molecule has 4 aromatic heterocycles. The lowest BCUT2D eigenvalue weighted by molar-refractivity contribution is 1.17. The van der Waals surface area contributed by atoms with E-state index in [1.807, 2.05) is 0 Å². The number of fused-ring (bicyclic) bond motifs is 17. The van der Waals surface area contributed by atoms with E-state index in [1.54, 1.807) is 0 Å². The minimum absolute atomic E-state index is 0.625. The Labute approximate surface area is 446 Å². The molecule has 11 aromatic carbocycles. The van der Waals surface area contributed by atoms with Gasteiger partial charge in [-0.3, -0.25) is 0 Å². The van der Waals surface area contributed by atoms with Gasteiger partial charge in [0.1, 0.15) is 0 Å². The highest BCUT2D eigenvalue weighted by Crippen LogP contribution is 2.42. The molecule has 0 amide bonds. The van der Waals surface area contributed by atoms with Gasteiger partial charge >= 0.3 is 0 Å². The summed E-state index contributed by atoms with van der Waals surface area (Å²) in [6.45, 7) is 4.36. The normalized spacial score (nSPS) is 12.0. The van der Waals surface area contributed by atoms with Gasteiger partial charge in [-0.05, 0) is 117 Å². The molecule has 0 saturated carbocycles. The standard InChI is InChI=1S/C71H49N5Si/c1-46-34-37-65-60(40-46)61-41-47(2)35-38-66(61)75(65)51-36-39-67-62(45-51)64-44-49-43-63(68(64)76(67)50-21-7-3-8-22-50)57-31-16-18-33-59(57)71-73-69(72-70(74-71)58-32-17-15-30-56(49)58)48-20-19-29-55(42-48)77(52-23-9-4-10-24-52,53-25-11-5-12-26-53)54-27-13-6-14-28-54/h3-45H,1-2H3. The van der Waals surface area contributed by atoms with Gasteiger partial charge in [-0.25, -0.2) is 15.0 Å². The molecule has 0 aliphatic heterocycles. The van der Waals surface area contributed by atoms with Gasteiger partial charge in [0.05, 0.1) is 22.1 Å². The third-order valence-corrected chi connectivity index (χ3v) is 20.7. The number of benzene rings is 11. The maximum atomic E-state index is 5.53. The van der Waals surface area contributed by atoms with Crippen LogP contribution < -0.4 is 20.7 Å². The van der Waals surface area contributed by atoms with E-state index in [9.17, 15) is 0 Å². The summed E-state index contributed by atoms with van der Waals surface area (Å²) in [5.74, 6) is 0.629. The minimum Gasteiger partial charge on any atom is -0.309 e. The van der Waals surface area contributed by atoms with Gasteiger partial charge in [0.2, 0.25) is 0 Å². The molecule has 0 unspecified atom stereocenters. The van der Waals surface area contributed by atoms with Gasteiger partial charge in [0, 0.05) is 54.6 Å². The first-order valence-corrected chi connectivity index (χ1v) is 28.4. The molecule has 15 aromatic rings. The summed E-state index contributed by atoms with van der Waals surface area (Å²) in [4.78, 5) is 16.5. The molecule has 4 bridgehead atoms. The summed E-state index contributed by atoms with van der Waals surface area (Å²) in [5, 5.41) is 16.2. The molecule has 0 aliphatic carbocycles. The molecule has 77 heavy (non-hydrogen) atoms. The second-order valence-corrected chi connectivity index (χ2v) is 24.3. The molecule has 0 fully saturated rings. The lowest BCUT2D eigenvalue weighted by Gasteiger charge is -2.34. The van der Waals surface area contributed by atoms with Crippen LogP contribution in [-0.4, -0.2) is 32.2 Å². The molecule has 0 spiro atoms. The maximum Gasteiger partial charge on any atom is 0.179 e. The Morgan fingerprint density at radius 2 is 0.753 bits per heavy atom. The molecule has 6 heteroatoms. The molecule has 15 rings (SSSR count). The van der Waals surface area contributed by atoms with Crippen molar-refractivity contribution >= 4 is 116 Å². The number of para-hydroxylation sites is 1. The molecule has 4 heterocycles. The zero-order valence-corrected chi connectivity index (χ0v) is 43.6. The van der Waals surface area contributed by atoms with Crippen LogP contribution in [0.2, 0.25) is 0 Å². The average Bonchev–Trinajstić information content (AvgIpc) is 4.09. The van der Waals surface area contributed by atoms with E-state index in [2.05, 4.69) is 284 Å². The van der Waals surface area contributed by atoms with E-state index < -0.39 is 8.07 Å². The third-order valence-electron chi connectivity index (χ3n) is 15.9. The van der Waals surface area contributed by atoms with Crippen LogP contribution >= 0.6 is 0 Å². The minimum atomic E-state index is -2.87. The first-order chi connectivity index (χ1) is 38.0. The summed E-state index contributed by atoms with van der Waals surface area (Å²) in [6, 6.07) is 95.8. The Balaban J connectivity index is 1.04. The van der Waals surface area contributed by atoms with Gasteiger partial charge in [-0.1, -0.05) is 205 Å². The third kappa shape index (κ3) is 7.03. The predicted octanol–water partition coefficient (Wildman–Crippen LogP) is 14.9. The van der Waals surface area contributed by atoms with Crippen molar-refractivity contribution in [2.75, 3.05) is 0 Å². The van der Waals surface area contributed by atoms with Gasteiger partial charge in [0.15, 0.2) is 25.2 Å². The van der Waals surface area contributed by atoms with Crippen molar-refractivity contribution < 1.29 is 0 Å². The van der Waals surface area contributed by atoms with E-state index in [-0.39, 0.29) is 0 Å². The lowest BCUT2D eigenvalue weighted by Crippen LogP contribution is -2.74. The summed E-state index contributed by atoms with van der Waals surface area (Å²) in [5.41, 5.74) is 11.5. The molecule has 0 N–H and O–H groups in total. The zero-order valence-electron chi connectivity index (χ0n) is 42.6. The molecule has 362 valence electrons. The van der Waals surface area contributed by atoms with E-state index in [1.165, 1.54) is 59.1 Å². The van der Waals surface area contributed by atoms with Crippen molar-refractivity contribution in [2.45, 2.75) is 13.8 Å². The summed E-state index contributed by atoms with van der Waals surface area (Å²) >= 11 is 0. The van der Waals surface area contributed by atoms with Gasteiger partial charge in [-0.15, -0.1) is 0 Å². The van der Waals surface area contributed by atoms with Gasteiger partial charge in [0.25, 0.3) is 0 Å². The second kappa shape index (κ2) is 17.7. The maximum absolute atomic E-state index is 5.53. The molecule has 0 saturated heterocycles. The number of aromatic nitrogens is 5. The van der Waals surface area contributed by atoms with Crippen LogP contribution in [0.15, 0.2) is 261 Å². The van der Waals surface area contributed by atoms with Gasteiger partial charge < -0.3 is 9.13 Å². The fourth-order valence-electron chi connectivity index (χ4n) is 12.6. The van der Waals surface area contributed by atoms with Crippen LogP contribution in [0.4, 0.5) is 0 Å². The van der Waals surface area contributed by atoms with Crippen LogP contribution in [0.25, 0.3) is 110 Å². The highest BCUT2D eigenvalue weighted by atomic mass is 28.3. The van der Waals surface area contributed by atoms with Crippen molar-refractivity contribution in [1.29, 1.82) is 0 Å². The first kappa shape index (κ1) is 44.7. The van der Waals surface area contributed by atoms with Crippen molar-refractivity contribution in [3.63, 3.8) is 0 Å². The first-order valence-electron chi connectivity index (χ1n) is 26.4. The van der Waals surface area contributed by atoms with Crippen LogP contribution in [0, 0.1) is 13.8 Å². The molecule has 0 atom stereocenters. The smallest absolute Gasteiger partial charge is 0.179 e. The van der Waals surface area contributed by atoms with Crippen molar-refractivity contribution in [2.24, 2.45) is 0 Å². The molecular formula is C71H49N5Si. The predicted molar refractivity (Wildman–Crippen MR) is 326 cm³/mol. The molecule has 0 aliphatic rings. The Bertz CT molecular complexity index is 4720. The number of nitrogens with zero attached hydrogens (tertiary/aromatic N) is 5. The lowest BCUT2D eigenvalue weighted by atomic mass is 10.00. The van der Waals surface area contributed by atoms with E-state index in [0.717, 1.165) is 65.7 Å². The molecule has 0 radical (unpaired) electrons. The van der Waals surface area contributed by atoms with Crippen LogP contribution in [0.3, 0.4) is 0 Å². The number of rotatable bonds is 7. The van der Waals surface area contributed by atoms with E-state index in [4.69, 9.17) is 15.0 Å². The van der Waals surface area contributed by atoms with Crippen molar-refractivity contribution in [3.8, 4) is 22.8 Å². The highest BCUT2D eigenvalue weighted by Gasteiger charge is 2.41. The Hall–Kier alpha value is -9.75. The second-order valence-electron chi connectivity index (χ2n) is 20.5. The van der Waals surface area contributed by atoms with Gasteiger partial charge in [-0.2, -0.15) is 0 Å². The fourth-order valence-corrected chi connectivity index (χ4v) is 17.4. The highest BCUT2D eigenvalue weighted by molar-refractivity contribution is 7.19. The number of aryl methyl sites for hydroxylation is 2. The van der Waals surface area contributed by atoms with Crippen molar-refractivity contribution in [1.82, 2.24) is 24.1 Å². The summed E-state index contributed by atoms with van der Waals surface area (Å²) < 4.78 is 4.90. The van der Waals surface area contributed by atoms with E-state index in [0.29, 0.717) is 17.1 Å². The quantitative estimate of drug-likeness (QED) is 0.118. The van der Waals surface area contributed by atoms with Crippen LogP contribution in [0.1, 0.15) is 11.1 Å². The summed E-state index contributed by atoms with van der Waals surface area (Å²) in [7, 11) is -2.87. The zero-order chi connectivity index (χ0) is 51.2. The molecular weight excluding hydrogens is 951 g/mol. The largest absolute Gasteiger partial charge is 0.309 e. The van der Waals surface area contributed by atoms with Crippen molar-refractivity contribution in [3.05, 3.63) is 272 Å². The average molecular weight is 1000 g/mol. The number of hydrogen-bond donors (Lipinski definition) is 0. The Morgan fingerprint density at radius 1 is 0.299 bits per heavy atom.